The van der Waals surface area contributed by atoms with Crippen LogP contribution in [0.25, 0.3) is 10.9 Å². The predicted molar refractivity (Wildman–Crippen MR) is 139 cm³/mol. The molecule has 5 heteroatoms. The Labute approximate surface area is 209 Å². The number of nitrogens with zero attached hydrogens (tertiary/aromatic N) is 2. The molecule has 0 spiro atoms. The molecule has 1 aromatic carbocycles. The van der Waals surface area contributed by atoms with E-state index in [0.29, 0.717) is 23.2 Å². The molecule has 4 fully saturated rings. The number of fused-ring (bicyclic) bond motifs is 5. The van der Waals surface area contributed by atoms with Gasteiger partial charge in [0.25, 0.3) is 11.8 Å². The summed E-state index contributed by atoms with van der Waals surface area (Å²) in [6.07, 6.45) is 8.51. The highest BCUT2D eigenvalue weighted by atomic mass is 16.2. The zero-order valence-corrected chi connectivity index (χ0v) is 22.3. The molecule has 188 valence electrons. The number of nitrogens with one attached hydrogen (secondary N) is 1. The van der Waals surface area contributed by atoms with Crippen molar-refractivity contribution in [3.8, 4) is 0 Å². The van der Waals surface area contributed by atoms with Gasteiger partial charge in [0.15, 0.2) is 0 Å². The van der Waals surface area contributed by atoms with E-state index < -0.39 is 0 Å². The summed E-state index contributed by atoms with van der Waals surface area (Å²) >= 11 is 0. The van der Waals surface area contributed by atoms with Gasteiger partial charge in [0.1, 0.15) is 0 Å². The van der Waals surface area contributed by atoms with Crippen LogP contribution in [0.5, 0.6) is 0 Å². The molecule has 4 unspecified atom stereocenters. The van der Waals surface area contributed by atoms with Gasteiger partial charge in [-0.15, -0.1) is 0 Å². The van der Waals surface area contributed by atoms with E-state index in [1.165, 1.54) is 12.8 Å². The van der Waals surface area contributed by atoms with Crippen LogP contribution < -0.4 is 0 Å². The summed E-state index contributed by atoms with van der Waals surface area (Å²) in [4.78, 5) is 35.1. The van der Waals surface area contributed by atoms with Gasteiger partial charge in [-0.3, -0.25) is 9.59 Å². The summed E-state index contributed by atoms with van der Waals surface area (Å²) in [6.45, 7) is 15.7. The number of amides is 2. The van der Waals surface area contributed by atoms with Gasteiger partial charge in [-0.2, -0.15) is 0 Å². The van der Waals surface area contributed by atoms with Crippen molar-refractivity contribution >= 4 is 22.7 Å². The minimum Gasteiger partial charge on any atom is -0.360 e. The van der Waals surface area contributed by atoms with Crippen molar-refractivity contribution in [2.75, 3.05) is 13.1 Å². The third-order valence-corrected chi connectivity index (χ3v) is 9.51. The van der Waals surface area contributed by atoms with Crippen LogP contribution in [0.3, 0.4) is 0 Å². The Morgan fingerprint density at radius 3 is 1.91 bits per heavy atom. The lowest BCUT2D eigenvalue weighted by molar-refractivity contribution is 0.0698. The molecule has 4 aliphatic rings. The van der Waals surface area contributed by atoms with E-state index in [1.807, 2.05) is 24.4 Å². The van der Waals surface area contributed by atoms with Crippen LogP contribution in [-0.4, -0.2) is 51.8 Å². The summed E-state index contributed by atoms with van der Waals surface area (Å²) in [7, 11) is 0. The van der Waals surface area contributed by atoms with E-state index >= 15 is 0 Å². The van der Waals surface area contributed by atoms with Crippen LogP contribution in [0.2, 0.25) is 0 Å². The number of H-pyrrole nitrogens is 1. The van der Waals surface area contributed by atoms with E-state index in [9.17, 15) is 9.59 Å². The summed E-state index contributed by atoms with van der Waals surface area (Å²) in [5, 5.41) is 0.875. The normalized spacial score (nSPS) is 35.0. The first-order chi connectivity index (χ1) is 16.3. The fourth-order valence-electron chi connectivity index (χ4n) is 9.15. The van der Waals surface area contributed by atoms with Gasteiger partial charge in [0.2, 0.25) is 0 Å². The topological polar surface area (TPSA) is 56.4 Å². The maximum absolute atomic E-state index is 13.8. The average molecular weight is 476 g/mol. The van der Waals surface area contributed by atoms with Gasteiger partial charge in [0, 0.05) is 47.8 Å². The van der Waals surface area contributed by atoms with Crippen molar-refractivity contribution < 1.29 is 9.59 Å². The molecule has 4 bridgehead atoms. The second-order valence-corrected chi connectivity index (χ2v) is 14.8. The molecule has 35 heavy (non-hydrogen) atoms. The Balaban J connectivity index is 1.29. The minimum absolute atomic E-state index is 0.110. The number of rotatable bonds is 2. The van der Waals surface area contributed by atoms with E-state index in [4.69, 9.17) is 0 Å². The van der Waals surface area contributed by atoms with Gasteiger partial charge < -0.3 is 14.8 Å². The van der Waals surface area contributed by atoms with E-state index in [2.05, 4.69) is 56.3 Å². The maximum Gasteiger partial charge on any atom is 0.256 e. The van der Waals surface area contributed by atoms with E-state index in [-0.39, 0.29) is 33.5 Å². The molecule has 0 radical (unpaired) electrons. The predicted octanol–water partition coefficient (Wildman–Crippen LogP) is 6.25. The van der Waals surface area contributed by atoms with Crippen molar-refractivity contribution in [2.24, 2.45) is 21.7 Å². The van der Waals surface area contributed by atoms with Crippen molar-refractivity contribution in [3.05, 3.63) is 35.5 Å². The molecule has 2 aliphatic carbocycles. The smallest absolute Gasteiger partial charge is 0.256 e. The third-order valence-electron chi connectivity index (χ3n) is 9.51. The fraction of sp³-hybridized carbons (Fsp3) is 0.667. The first kappa shape index (κ1) is 23.1. The Hall–Kier alpha value is -2.30. The molecule has 2 amide bonds. The van der Waals surface area contributed by atoms with Crippen molar-refractivity contribution in [2.45, 2.75) is 92.2 Å². The van der Waals surface area contributed by atoms with E-state index in [1.54, 1.807) is 0 Å². The van der Waals surface area contributed by atoms with Gasteiger partial charge in [-0.25, -0.2) is 0 Å². The number of aromatic nitrogens is 1. The zero-order chi connectivity index (χ0) is 25.0. The number of carbonyl (C=O) groups is 2. The van der Waals surface area contributed by atoms with Gasteiger partial charge in [-0.1, -0.05) is 41.5 Å². The van der Waals surface area contributed by atoms with Crippen molar-refractivity contribution in [3.63, 3.8) is 0 Å². The van der Waals surface area contributed by atoms with Crippen molar-refractivity contribution in [1.82, 2.24) is 14.8 Å². The minimum atomic E-state index is 0.110. The first-order valence-corrected chi connectivity index (χ1v) is 13.5. The quantitative estimate of drug-likeness (QED) is 0.558. The molecular formula is C30H41N3O2. The lowest BCUT2D eigenvalue weighted by atomic mass is 9.65. The molecule has 4 atom stereocenters. The number of benzene rings is 1. The molecule has 2 aromatic rings. The van der Waals surface area contributed by atoms with Gasteiger partial charge >= 0.3 is 0 Å². The molecule has 5 nitrogen and oxygen atoms in total. The molecule has 3 heterocycles. The monoisotopic (exact) mass is 475 g/mol. The van der Waals surface area contributed by atoms with Gasteiger partial charge in [-0.05, 0) is 78.4 Å². The Morgan fingerprint density at radius 2 is 1.34 bits per heavy atom. The maximum atomic E-state index is 13.8. The SMILES string of the molecule is CC1(C)CC2CC(C)(CN2C(=O)c2ccc3[nH]cc(C(=O)N4CC5(C)CC4CC(C)(C)C5)c3c2)C1. The lowest BCUT2D eigenvalue weighted by Gasteiger charge is -2.39. The molecule has 6 rings (SSSR count). The summed E-state index contributed by atoms with van der Waals surface area (Å²) in [5.41, 5.74) is 3.28. The highest BCUT2D eigenvalue weighted by Gasteiger charge is 2.52. The average Bonchev–Trinajstić information content (AvgIpc) is 3.34. The summed E-state index contributed by atoms with van der Waals surface area (Å²) in [5.74, 6) is 0.225. The zero-order valence-electron chi connectivity index (χ0n) is 22.3. The second-order valence-electron chi connectivity index (χ2n) is 14.8. The second kappa shape index (κ2) is 7.14. The number of hydrogen-bond acceptors (Lipinski definition) is 2. The Kier molecular flexibility index (Phi) is 4.71. The number of aromatic amines is 1. The van der Waals surface area contributed by atoms with Crippen molar-refractivity contribution in [1.29, 1.82) is 0 Å². The first-order valence-electron chi connectivity index (χ1n) is 13.5. The lowest BCUT2D eigenvalue weighted by Crippen LogP contribution is -2.38. The molecule has 2 saturated carbocycles. The van der Waals surface area contributed by atoms with Crippen LogP contribution in [-0.2, 0) is 0 Å². The van der Waals surface area contributed by atoms with Crippen LogP contribution in [0.1, 0.15) is 101 Å². The molecular weight excluding hydrogens is 434 g/mol. The standard InChI is InChI=1S/C30H41N3O2/c1-27(2)10-20-12-29(5,15-27)17-32(20)25(34)19-7-8-24-22(9-19)23(14-31-24)26(35)33-18-30(6)13-21(33)11-28(3,4)16-30/h7-9,14,20-21,31H,10-13,15-18H2,1-6H3. The fourth-order valence-corrected chi connectivity index (χ4v) is 9.15. The highest BCUT2D eigenvalue weighted by Crippen LogP contribution is 2.54. The summed E-state index contributed by atoms with van der Waals surface area (Å²) < 4.78 is 0. The van der Waals surface area contributed by atoms with Gasteiger partial charge in [0.05, 0.1) is 5.56 Å². The van der Waals surface area contributed by atoms with E-state index in [0.717, 1.165) is 49.7 Å². The number of likely N-dealkylation sites (tertiary alicyclic amines) is 2. The Morgan fingerprint density at radius 1 is 0.800 bits per heavy atom. The molecule has 1 N–H and O–H groups in total. The summed E-state index contributed by atoms with van der Waals surface area (Å²) in [6, 6.07) is 6.48. The molecule has 2 saturated heterocycles. The number of carbonyl (C=O) groups excluding carboxylic acids is 2. The highest BCUT2D eigenvalue weighted by molar-refractivity contribution is 6.09. The van der Waals surface area contributed by atoms with Crippen LogP contribution in [0, 0.1) is 21.7 Å². The molecule has 1 aromatic heterocycles. The van der Waals surface area contributed by atoms with Crippen LogP contribution in [0.15, 0.2) is 24.4 Å². The van der Waals surface area contributed by atoms with Crippen LogP contribution >= 0.6 is 0 Å². The molecule has 2 aliphatic heterocycles. The largest absolute Gasteiger partial charge is 0.360 e. The Bertz CT molecular complexity index is 1230. The number of hydrogen-bond donors (Lipinski definition) is 1. The third kappa shape index (κ3) is 3.81. The van der Waals surface area contributed by atoms with Crippen LogP contribution in [0.4, 0.5) is 0 Å².